The number of alkyl halides is 3. The van der Waals surface area contributed by atoms with Gasteiger partial charge in [-0.1, -0.05) is 0 Å². The average Bonchev–Trinajstić information content (AvgIpc) is 2.38. The number of aromatic nitrogens is 3. The van der Waals surface area contributed by atoms with E-state index in [0.29, 0.717) is 26.3 Å². The van der Waals surface area contributed by atoms with Gasteiger partial charge in [-0.15, -0.1) is 0 Å². The molecule has 0 atom stereocenters. The Labute approximate surface area is 101 Å². The summed E-state index contributed by atoms with van der Waals surface area (Å²) in [6.07, 6.45) is -4.59. The molecule has 0 bridgehead atoms. The van der Waals surface area contributed by atoms with Crippen molar-refractivity contribution in [1.82, 2.24) is 15.0 Å². The van der Waals surface area contributed by atoms with Crippen LogP contribution >= 0.6 is 0 Å². The molecule has 0 aliphatic carbocycles. The highest BCUT2D eigenvalue weighted by Crippen LogP contribution is 2.27. The maximum Gasteiger partial charge on any atom is 0.451 e. The lowest BCUT2D eigenvalue weighted by atomic mass is 10.4. The number of morpholine rings is 1. The summed E-state index contributed by atoms with van der Waals surface area (Å²) < 4.78 is 43.0. The van der Waals surface area contributed by atoms with Crippen molar-refractivity contribution in [3.8, 4) is 0 Å². The van der Waals surface area contributed by atoms with E-state index in [1.165, 1.54) is 7.05 Å². The first-order chi connectivity index (χ1) is 8.50. The molecule has 1 saturated heterocycles. The van der Waals surface area contributed by atoms with E-state index in [1.807, 2.05) is 0 Å². The first-order valence-corrected chi connectivity index (χ1v) is 5.34. The van der Waals surface area contributed by atoms with Crippen molar-refractivity contribution < 1.29 is 17.9 Å². The van der Waals surface area contributed by atoms with Gasteiger partial charge in [0.1, 0.15) is 0 Å². The van der Waals surface area contributed by atoms with E-state index in [4.69, 9.17) is 4.74 Å². The molecule has 0 spiro atoms. The first kappa shape index (κ1) is 12.8. The highest BCUT2D eigenvalue weighted by molar-refractivity contribution is 5.37. The number of nitrogens with zero attached hydrogens (tertiary/aromatic N) is 4. The highest BCUT2D eigenvalue weighted by atomic mass is 19.4. The van der Waals surface area contributed by atoms with Crippen LogP contribution in [0.2, 0.25) is 0 Å². The van der Waals surface area contributed by atoms with Gasteiger partial charge < -0.3 is 15.0 Å². The van der Waals surface area contributed by atoms with E-state index in [0.717, 1.165) is 0 Å². The van der Waals surface area contributed by atoms with Crippen LogP contribution in [0.5, 0.6) is 0 Å². The zero-order chi connectivity index (χ0) is 13.2. The van der Waals surface area contributed by atoms with Crippen LogP contribution in [0.3, 0.4) is 0 Å². The van der Waals surface area contributed by atoms with Crippen LogP contribution in [0.4, 0.5) is 25.1 Å². The van der Waals surface area contributed by atoms with Crippen molar-refractivity contribution in [1.29, 1.82) is 0 Å². The lowest BCUT2D eigenvalue weighted by molar-refractivity contribution is -0.144. The summed E-state index contributed by atoms with van der Waals surface area (Å²) in [6, 6.07) is 0. The third-order valence-electron chi connectivity index (χ3n) is 2.39. The van der Waals surface area contributed by atoms with Crippen LogP contribution < -0.4 is 10.2 Å². The molecule has 1 fully saturated rings. The number of hydrogen-bond donors (Lipinski definition) is 1. The molecule has 6 nitrogen and oxygen atoms in total. The van der Waals surface area contributed by atoms with Crippen LogP contribution in [-0.4, -0.2) is 48.3 Å². The van der Waals surface area contributed by atoms with Gasteiger partial charge in [0.25, 0.3) is 0 Å². The quantitative estimate of drug-likeness (QED) is 0.850. The third-order valence-corrected chi connectivity index (χ3v) is 2.39. The Morgan fingerprint density at radius 1 is 1.17 bits per heavy atom. The second kappa shape index (κ2) is 4.92. The Hall–Kier alpha value is -1.64. The summed E-state index contributed by atoms with van der Waals surface area (Å²) >= 11 is 0. The Kier molecular flexibility index (Phi) is 3.50. The molecule has 1 aliphatic rings. The van der Waals surface area contributed by atoms with Crippen molar-refractivity contribution in [2.24, 2.45) is 0 Å². The van der Waals surface area contributed by atoms with Gasteiger partial charge >= 0.3 is 6.18 Å². The van der Waals surface area contributed by atoms with Gasteiger partial charge in [-0.2, -0.15) is 28.1 Å². The van der Waals surface area contributed by atoms with Crippen molar-refractivity contribution in [2.45, 2.75) is 6.18 Å². The molecule has 100 valence electrons. The van der Waals surface area contributed by atoms with E-state index in [1.54, 1.807) is 4.90 Å². The Morgan fingerprint density at radius 3 is 2.39 bits per heavy atom. The number of nitrogens with one attached hydrogen (secondary N) is 1. The smallest absolute Gasteiger partial charge is 0.378 e. The fourth-order valence-corrected chi connectivity index (χ4v) is 1.51. The van der Waals surface area contributed by atoms with E-state index in [2.05, 4.69) is 20.3 Å². The molecular weight excluding hydrogens is 251 g/mol. The Balaban J connectivity index is 2.34. The first-order valence-electron chi connectivity index (χ1n) is 5.34. The lowest BCUT2D eigenvalue weighted by Gasteiger charge is -2.27. The molecule has 1 aromatic heterocycles. The van der Waals surface area contributed by atoms with Gasteiger partial charge in [-0.25, -0.2) is 0 Å². The van der Waals surface area contributed by atoms with E-state index >= 15 is 0 Å². The third kappa shape index (κ3) is 2.78. The van der Waals surface area contributed by atoms with Gasteiger partial charge in [0.15, 0.2) is 0 Å². The number of anilines is 2. The Bertz CT molecular complexity index is 419. The molecule has 1 aliphatic heterocycles. The van der Waals surface area contributed by atoms with Crippen LogP contribution in [0.1, 0.15) is 5.82 Å². The molecular formula is C9H12F3N5O. The standard InChI is InChI=1S/C9H12F3N5O/c1-13-7-14-6(9(10,11)12)15-8(16-7)17-2-4-18-5-3-17/h2-5H2,1H3,(H,13,14,15,16). The maximum atomic E-state index is 12.6. The molecule has 0 amide bonds. The molecule has 1 N–H and O–H groups in total. The Morgan fingerprint density at radius 2 is 1.83 bits per heavy atom. The topological polar surface area (TPSA) is 63.2 Å². The lowest BCUT2D eigenvalue weighted by Crippen LogP contribution is -2.38. The molecule has 0 aromatic carbocycles. The van der Waals surface area contributed by atoms with Gasteiger partial charge in [0, 0.05) is 20.1 Å². The van der Waals surface area contributed by atoms with Gasteiger partial charge in [-0.3, -0.25) is 0 Å². The van der Waals surface area contributed by atoms with Crippen LogP contribution in [-0.2, 0) is 10.9 Å². The second-order valence-electron chi connectivity index (χ2n) is 3.63. The highest BCUT2D eigenvalue weighted by Gasteiger charge is 2.36. The van der Waals surface area contributed by atoms with Gasteiger partial charge in [0.05, 0.1) is 13.2 Å². The van der Waals surface area contributed by atoms with Gasteiger partial charge in [0.2, 0.25) is 17.7 Å². The average molecular weight is 263 g/mol. The molecule has 0 unspecified atom stereocenters. The predicted octanol–water partition coefficient (Wildman–Crippen LogP) is 0.769. The minimum absolute atomic E-state index is 0.0185. The minimum Gasteiger partial charge on any atom is -0.378 e. The summed E-state index contributed by atoms with van der Waals surface area (Å²) in [5.41, 5.74) is 0. The summed E-state index contributed by atoms with van der Waals surface area (Å²) in [5.74, 6) is -1.27. The van der Waals surface area contributed by atoms with E-state index < -0.39 is 12.0 Å². The van der Waals surface area contributed by atoms with Crippen molar-refractivity contribution in [3.63, 3.8) is 0 Å². The number of ether oxygens (including phenoxy) is 1. The molecule has 0 saturated carbocycles. The van der Waals surface area contributed by atoms with Crippen LogP contribution in [0, 0.1) is 0 Å². The molecule has 2 rings (SSSR count). The molecule has 18 heavy (non-hydrogen) atoms. The normalized spacial score (nSPS) is 16.8. The monoisotopic (exact) mass is 263 g/mol. The van der Waals surface area contributed by atoms with Crippen molar-refractivity contribution >= 4 is 11.9 Å². The van der Waals surface area contributed by atoms with E-state index in [9.17, 15) is 13.2 Å². The minimum atomic E-state index is -4.59. The van der Waals surface area contributed by atoms with Crippen LogP contribution in [0.15, 0.2) is 0 Å². The molecule has 9 heteroatoms. The summed E-state index contributed by atoms with van der Waals surface area (Å²) in [7, 11) is 1.46. The SMILES string of the molecule is CNc1nc(N2CCOCC2)nc(C(F)(F)F)n1. The van der Waals surface area contributed by atoms with Gasteiger partial charge in [-0.05, 0) is 0 Å². The predicted molar refractivity (Wildman–Crippen MR) is 57.4 cm³/mol. The van der Waals surface area contributed by atoms with Crippen molar-refractivity contribution in [3.05, 3.63) is 5.82 Å². The molecule has 2 heterocycles. The fourth-order valence-electron chi connectivity index (χ4n) is 1.51. The molecule has 1 aromatic rings. The number of hydrogen-bond acceptors (Lipinski definition) is 6. The van der Waals surface area contributed by atoms with E-state index in [-0.39, 0.29) is 11.9 Å². The summed E-state index contributed by atoms with van der Waals surface area (Å²) in [4.78, 5) is 12.3. The molecule has 0 radical (unpaired) electrons. The number of rotatable bonds is 2. The fraction of sp³-hybridized carbons (Fsp3) is 0.667. The van der Waals surface area contributed by atoms with Crippen molar-refractivity contribution in [2.75, 3.05) is 43.6 Å². The second-order valence-corrected chi connectivity index (χ2v) is 3.63. The zero-order valence-electron chi connectivity index (χ0n) is 9.66. The largest absolute Gasteiger partial charge is 0.451 e. The number of halogens is 3. The zero-order valence-corrected chi connectivity index (χ0v) is 9.66. The summed E-state index contributed by atoms with van der Waals surface area (Å²) in [6.45, 7) is 1.82. The van der Waals surface area contributed by atoms with Crippen LogP contribution in [0.25, 0.3) is 0 Å². The maximum absolute atomic E-state index is 12.6. The summed E-state index contributed by atoms with van der Waals surface area (Å²) in [5, 5.41) is 2.50.